The van der Waals surface area contributed by atoms with Crippen molar-refractivity contribution in [1.82, 2.24) is 15.2 Å². The van der Waals surface area contributed by atoms with E-state index in [1.165, 1.54) is 12.8 Å². The molecule has 0 aromatic carbocycles. The molecule has 6 heteroatoms. The molecule has 1 aromatic rings. The average Bonchev–Trinajstić information content (AvgIpc) is 3.36. The van der Waals surface area contributed by atoms with Crippen molar-refractivity contribution in [3.8, 4) is 0 Å². The van der Waals surface area contributed by atoms with E-state index in [2.05, 4.69) is 27.4 Å². The minimum atomic E-state index is 0.0829. The number of hydrogen-bond donors (Lipinski definition) is 1. The van der Waals surface area contributed by atoms with Crippen molar-refractivity contribution < 1.29 is 9.59 Å². The van der Waals surface area contributed by atoms with Crippen molar-refractivity contribution in [1.29, 1.82) is 0 Å². The van der Waals surface area contributed by atoms with Crippen LogP contribution in [0.4, 0.5) is 5.82 Å². The van der Waals surface area contributed by atoms with Crippen molar-refractivity contribution in [2.75, 3.05) is 37.6 Å². The Balaban J connectivity index is 1.10. The number of piperazine rings is 1. The van der Waals surface area contributed by atoms with Crippen LogP contribution in [0.1, 0.15) is 32.1 Å². The van der Waals surface area contributed by atoms with Gasteiger partial charge in [-0.1, -0.05) is 18.2 Å². The van der Waals surface area contributed by atoms with Gasteiger partial charge in [0.25, 0.3) is 0 Å². The summed E-state index contributed by atoms with van der Waals surface area (Å²) in [5, 5.41) is 3.08. The first-order valence-electron chi connectivity index (χ1n) is 10.6. The van der Waals surface area contributed by atoms with Crippen LogP contribution in [0, 0.1) is 17.8 Å². The van der Waals surface area contributed by atoms with Crippen molar-refractivity contribution >= 4 is 17.6 Å². The number of carbonyl (C=O) groups is 2. The summed E-state index contributed by atoms with van der Waals surface area (Å²) in [5.74, 6) is 3.22. The molecule has 2 bridgehead atoms. The van der Waals surface area contributed by atoms with Gasteiger partial charge in [-0.2, -0.15) is 0 Å². The second-order valence-electron chi connectivity index (χ2n) is 8.25. The van der Waals surface area contributed by atoms with Crippen LogP contribution in [-0.2, 0) is 9.59 Å². The fourth-order valence-corrected chi connectivity index (χ4v) is 4.75. The number of nitrogens with zero attached hydrogens (tertiary/aromatic N) is 3. The summed E-state index contributed by atoms with van der Waals surface area (Å²) in [6.45, 7) is 3.84. The molecule has 1 aliphatic heterocycles. The summed E-state index contributed by atoms with van der Waals surface area (Å²) in [6.07, 6.45) is 10.4. The first-order valence-corrected chi connectivity index (χ1v) is 10.6. The van der Waals surface area contributed by atoms with E-state index in [1.54, 1.807) is 6.20 Å². The van der Waals surface area contributed by atoms with Gasteiger partial charge < -0.3 is 15.1 Å². The molecule has 0 radical (unpaired) electrons. The van der Waals surface area contributed by atoms with Crippen LogP contribution in [0.5, 0.6) is 0 Å². The van der Waals surface area contributed by atoms with Crippen LogP contribution in [0.15, 0.2) is 36.5 Å². The fourth-order valence-electron chi connectivity index (χ4n) is 4.75. The first kappa shape index (κ1) is 19.0. The van der Waals surface area contributed by atoms with Crippen LogP contribution < -0.4 is 10.2 Å². The van der Waals surface area contributed by atoms with Gasteiger partial charge in [0.1, 0.15) is 5.82 Å². The van der Waals surface area contributed by atoms with Gasteiger partial charge in [0.05, 0.1) is 0 Å². The van der Waals surface area contributed by atoms with Crippen molar-refractivity contribution in [3.05, 3.63) is 36.5 Å². The Bertz CT molecular complexity index is 713. The largest absolute Gasteiger partial charge is 0.356 e. The zero-order chi connectivity index (χ0) is 19.3. The Morgan fingerprint density at radius 2 is 1.93 bits per heavy atom. The molecule has 1 aromatic heterocycles. The van der Waals surface area contributed by atoms with E-state index < -0.39 is 0 Å². The minimum Gasteiger partial charge on any atom is -0.356 e. The smallest absolute Gasteiger partial charge is 0.222 e. The molecule has 2 aliphatic carbocycles. The number of fused-ring (bicyclic) bond motifs is 2. The summed E-state index contributed by atoms with van der Waals surface area (Å²) in [5.41, 5.74) is 0. The maximum atomic E-state index is 12.4. The summed E-state index contributed by atoms with van der Waals surface area (Å²) < 4.78 is 0. The summed E-state index contributed by atoms with van der Waals surface area (Å²) in [6, 6.07) is 5.90. The van der Waals surface area contributed by atoms with Crippen LogP contribution in [-0.4, -0.2) is 54.4 Å². The number of allylic oxidation sites excluding steroid dienone is 2. The number of nitrogens with one attached hydrogen (secondary N) is 1. The lowest BCUT2D eigenvalue weighted by Crippen LogP contribution is -2.49. The predicted octanol–water partition coefficient (Wildman–Crippen LogP) is 2.23. The van der Waals surface area contributed by atoms with Gasteiger partial charge >= 0.3 is 0 Å². The predicted molar refractivity (Wildman–Crippen MR) is 109 cm³/mol. The molecule has 2 amide bonds. The quantitative estimate of drug-likeness (QED) is 0.735. The second kappa shape index (κ2) is 8.76. The van der Waals surface area contributed by atoms with Gasteiger partial charge in [-0.25, -0.2) is 4.98 Å². The standard InChI is InChI=1S/C22H30N4O2/c27-21(24-16-19-15-17-7-8-18(19)14-17)5-3-6-22(28)26-12-10-25(11-13-26)20-4-1-2-9-23-20/h1-2,4,7-9,17-19H,3,5-6,10-16H2,(H,24,27). The molecule has 3 atom stereocenters. The molecule has 150 valence electrons. The Morgan fingerprint density at radius 3 is 2.61 bits per heavy atom. The van der Waals surface area contributed by atoms with Crippen molar-refractivity contribution in [2.24, 2.45) is 17.8 Å². The number of carbonyl (C=O) groups excluding carboxylic acids is 2. The molecular formula is C22H30N4O2. The third-order valence-electron chi connectivity index (χ3n) is 6.38. The van der Waals surface area contributed by atoms with E-state index in [-0.39, 0.29) is 11.8 Å². The van der Waals surface area contributed by atoms with Crippen molar-refractivity contribution in [2.45, 2.75) is 32.1 Å². The third kappa shape index (κ3) is 4.54. The first-order chi connectivity index (χ1) is 13.7. The summed E-state index contributed by atoms with van der Waals surface area (Å²) in [7, 11) is 0. The normalized spacial score (nSPS) is 25.9. The van der Waals surface area contributed by atoms with Gasteiger partial charge in [-0.3, -0.25) is 9.59 Å². The monoisotopic (exact) mass is 382 g/mol. The SMILES string of the molecule is O=C(CCCC(=O)N1CCN(c2ccccn2)CC1)NCC1CC2C=CC1C2. The van der Waals surface area contributed by atoms with E-state index in [4.69, 9.17) is 0 Å². The summed E-state index contributed by atoms with van der Waals surface area (Å²) in [4.78, 5) is 33.0. The maximum Gasteiger partial charge on any atom is 0.222 e. The molecule has 2 fully saturated rings. The number of rotatable bonds is 7. The molecule has 1 saturated heterocycles. The van der Waals surface area contributed by atoms with Crippen molar-refractivity contribution in [3.63, 3.8) is 0 Å². The highest BCUT2D eigenvalue weighted by Crippen LogP contribution is 2.42. The lowest BCUT2D eigenvalue weighted by Gasteiger charge is -2.35. The van der Waals surface area contributed by atoms with Crippen LogP contribution >= 0.6 is 0 Å². The molecule has 2 heterocycles. The molecule has 4 rings (SSSR count). The highest BCUT2D eigenvalue weighted by molar-refractivity contribution is 5.79. The van der Waals surface area contributed by atoms with Gasteiger partial charge in [-0.05, 0) is 49.1 Å². The lowest BCUT2D eigenvalue weighted by molar-refractivity contribution is -0.131. The minimum absolute atomic E-state index is 0.0829. The number of pyridine rings is 1. The number of aromatic nitrogens is 1. The van der Waals surface area contributed by atoms with Gasteiger partial charge in [0.2, 0.25) is 11.8 Å². The van der Waals surface area contributed by atoms with E-state index in [0.29, 0.717) is 31.1 Å². The maximum absolute atomic E-state index is 12.4. The molecule has 3 unspecified atom stereocenters. The molecule has 3 aliphatic rings. The molecule has 28 heavy (non-hydrogen) atoms. The Morgan fingerprint density at radius 1 is 1.07 bits per heavy atom. The van der Waals surface area contributed by atoms with E-state index >= 15 is 0 Å². The van der Waals surface area contributed by atoms with Gasteiger partial charge in [0.15, 0.2) is 0 Å². The van der Waals surface area contributed by atoms with Crippen LogP contribution in [0.2, 0.25) is 0 Å². The number of hydrogen-bond acceptors (Lipinski definition) is 4. The van der Waals surface area contributed by atoms with E-state index in [9.17, 15) is 9.59 Å². The number of anilines is 1. The number of amides is 2. The van der Waals surface area contributed by atoms with E-state index in [1.807, 2.05) is 23.1 Å². The highest BCUT2D eigenvalue weighted by atomic mass is 16.2. The average molecular weight is 383 g/mol. The Labute approximate surface area is 167 Å². The zero-order valence-corrected chi connectivity index (χ0v) is 16.4. The zero-order valence-electron chi connectivity index (χ0n) is 16.4. The topological polar surface area (TPSA) is 65.5 Å². The van der Waals surface area contributed by atoms with Crippen LogP contribution in [0.3, 0.4) is 0 Å². The van der Waals surface area contributed by atoms with Gasteiger partial charge in [0, 0.05) is 51.8 Å². The molecule has 1 N–H and O–H groups in total. The highest BCUT2D eigenvalue weighted by Gasteiger charge is 2.35. The summed E-state index contributed by atoms with van der Waals surface area (Å²) >= 11 is 0. The van der Waals surface area contributed by atoms with Gasteiger partial charge in [-0.15, -0.1) is 0 Å². The third-order valence-corrected chi connectivity index (χ3v) is 6.38. The lowest BCUT2D eigenvalue weighted by atomic mass is 9.93. The molecule has 6 nitrogen and oxygen atoms in total. The van der Waals surface area contributed by atoms with Crippen LogP contribution in [0.25, 0.3) is 0 Å². The molecule has 0 spiro atoms. The Hall–Kier alpha value is -2.37. The molecular weight excluding hydrogens is 352 g/mol. The Kier molecular flexibility index (Phi) is 5.93. The second-order valence-corrected chi connectivity index (χ2v) is 8.25. The fraction of sp³-hybridized carbons (Fsp3) is 0.591. The van der Waals surface area contributed by atoms with E-state index in [0.717, 1.165) is 44.5 Å². The molecule has 1 saturated carbocycles.